The third-order valence-corrected chi connectivity index (χ3v) is 4.53. The summed E-state index contributed by atoms with van der Waals surface area (Å²) in [4.78, 5) is 0. The van der Waals surface area contributed by atoms with Gasteiger partial charge in [0.2, 0.25) is 0 Å². The number of benzene rings is 2. The van der Waals surface area contributed by atoms with Gasteiger partial charge in [-0.15, -0.1) is 33.7 Å². The maximum Gasteiger partial charge on any atom is 3.00 e. The zero-order valence-corrected chi connectivity index (χ0v) is 20.6. The average Bonchev–Trinajstić information content (AvgIpc) is 3.17. The zero-order chi connectivity index (χ0) is 16.4. The summed E-state index contributed by atoms with van der Waals surface area (Å²) in [5.41, 5.74) is 5.70. The van der Waals surface area contributed by atoms with Gasteiger partial charge in [-0.05, 0) is 20.3 Å². The Morgan fingerprint density at radius 2 is 1.65 bits per heavy atom. The monoisotopic (exact) mass is 475 g/mol. The van der Waals surface area contributed by atoms with Crippen molar-refractivity contribution in [3.8, 4) is 0 Å². The molecular weight excluding hydrogens is 454 g/mol. The smallest absolute Gasteiger partial charge is 1.00 e. The average molecular weight is 478 g/mol. The normalized spacial score (nSPS) is 11.8. The predicted octanol–water partition coefficient (Wildman–Crippen LogP) is 0.464. The van der Waals surface area contributed by atoms with Gasteiger partial charge in [0.15, 0.2) is 0 Å². The molecule has 1 aliphatic rings. The van der Waals surface area contributed by atoms with Gasteiger partial charge in [0.1, 0.15) is 0 Å². The minimum atomic E-state index is 0. The van der Waals surface area contributed by atoms with Gasteiger partial charge in [-0.1, -0.05) is 77.9 Å². The fourth-order valence-electron chi connectivity index (χ4n) is 3.38. The molecule has 0 aromatic heterocycles. The molecule has 0 N–H and O–H groups in total. The summed E-state index contributed by atoms with van der Waals surface area (Å²) >= 11 is 0. The van der Waals surface area contributed by atoms with E-state index in [0.29, 0.717) is 0 Å². The number of rotatable bonds is 1. The van der Waals surface area contributed by atoms with E-state index in [1.165, 1.54) is 43.8 Å². The van der Waals surface area contributed by atoms with E-state index in [1.807, 2.05) is 0 Å². The van der Waals surface area contributed by atoms with E-state index in [1.54, 1.807) is 0 Å². The van der Waals surface area contributed by atoms with Gasteiger partial charge in [0, 0.05) is 9.52 Å². The molecule has 0 saturated carbocycles. The molecule has 1 aliphatic carbocycles. The van der Waals surface area contributed by atoms with Crippen LogP contribution in [-0.2, 0) is 26.2 Å². The maximum atomic E-state index is 2.35. The first-order chi connectivity index (χ1) is 11.2. The van der Waals surface area contributed by atoms with Gasteiger partial charge in [-0.25, -0.2) is 0 Å². The fraction of sp³-hybridized carbons (Fsp3) is 0.227. The van der Waals surface area contributed by atoms with Crippen LogP contribution < -0.4 is 24.8 Å². The molecule has 133 valence electrons. The third kappa shape index (κ3) is 4.84. The van der Waals surface area contributed by atoms with Crippen molar-refractivity contribution in [1.29, 1.82) is 0 Å². The van der Waals surface area contributed by atoms with Gasteiger partial charge in [0.25, 0.3) is 0 Å². The van der Waals surface area contributed by atoms with Gasteiger partial charge < -0.3 is 24.8 Å². The molecule has 0 bridgehead atoms. The molecule has 3 aromatic rings. The summed E-state index contributed by atoms with van der Waals surface area (Å²) < 4.78 is 0. The van der Waals surface area contributed by atoms with Crippen LogP contribution in [0.25, 0.3) is 27.1 Å². The van der Waals surface area contributed by atoms with E-state index < -0.39 is 0 Å². The van der Waals surface area contributed by atoms with Crippen LogP contribution in [0.2, 0.25) is 13.1 Å². The van der Waals surface area contributed by atoms with E-state index in [9.17, 15) is 0 Å². The second kappa shape index (κ2) is 11.3. The topological polar surface area (TPSA) is 0 Å². The quantitative estimate of drug-likeness (QED) is 0.353. The summed E-state index contributed by atoms with van der Waals surface area (Å²) in [5.74, 6) is 0. The Bertz CT molecular complexity index is 923. The van der Waals surface area contributed by atoms with Crippen LogP contribution in [0, 0.1) is 13.8 Å². The largest absolute Gasteiger partial charge is 3.00 e. The number of halogens is 2. The summed E-state index contributed by atoms with van der Waals surface area (Å²) in [5, 5.41) is 5.52. The van der Waals surface area contributed by atoms with Crippen molar-refractivity contribution in [2.75, 3.05) is 0 Å². The van der Waals surface area contributed by atoms with Crippen molar-refractivity contribution >= 4 is 36.6 Å². The molecule has 0 heterocycles. The SMILES string of the molecule is C[Si]C.Cc1cc2c([cH-]c3ccccc32)c(C2=CC=CC2)c1C.[Cl-].[Cl-].[Zr+3]. The Hall–Kier alpha value is -0.530. The third-order valence-electron chi connectivity index (χ3n) is 4.53. The van der Waals surface area contributed by atoms with E-state index in [2.05, 4.69) is 81.6 Å². The molecule has 4 rings (SSSR count). The number of allylic oxidation sites excluding steroid dienone is 4. The van der Waals surface area contributed by atoms with E-state index in [4.69, 9.17) is 0 Å². The summed E-state index contributed by atoms with van der Waals surface area (Å²) in [6, 6.07) is 13.4. The van der Waals surface area contributed by atoms with Gasteiger partial charge in [-0.2, -0.15) is 0 Å². The molecule has 3 radical (unpaired) electrons. The Balaban J connectivity index is 0.000000980. The number of aryl methyl sites for hydroxylation is 1. The number of fused-ring (bicyclic) bond motifs is 3. The van der Waals surface area contributed by atoms with Gasteiger partial charge in [0.05, 0.1) is 0 Å². The maximum absolute atomic E-state index is 2.35. The van der Waals surface area contributed by atoms with Crippen LogP contribution >= 0.6 is 0 Å². The molecule has 0 unspecified atom stereocenters. The van der Waals surface area contributed by atoms with Gasteiger partial charge >= 0.3 is 26.2 Å². The summed E-state index contributed by atoms with van der Waals surface area (Å²) in [6.07, 6.45) is 7.73. The Morgan fingerprint density at radius 1 is 1.00 bits per heavy atom. The molecule has 0 aliphatic heterocycles. The van der Waals surface area contributed by atoms with Crippen LogP contribution in [0.1, 0.15) is 23.1 Å². The second-order valence-corrected chi connectivity index (χ2v) is 7.21. The molecule has 26 heavy (non-hydrogen) atoms. The molecule has 0 fully saturated rings. The van der Waals surface area contributed by atoms with Crippen molar-refractivity contribution in [3.63, 3.8) is 0 Å². The van der Waals surface area contributed by atoms with Crippen LogP contribution in [0.4, 0.5) is 0 Å². The molecule has 3 aromatic carbocycles. The molecule has 4 heteroatoms. The van der Waals surface area contributed by atoms with Crippen LogP contribution in [0.3, 0.4) is 0 Å². The summed E-state index contributed by atoms with van der Waals surface area (Å²) in [6.45, 7) is 8.78. The van der Waals surface area contributed by atoms with Crippen LogP contribution in [0.5, 0.6) is 0 Å². The fourth-order valence-corrected chi connectivity index (χ4v) is 3.38. The second-order valence-electron chi connectivity index (χ2n) is 6.21. The standard InChI is InChI=1S/C20H17.C2H6Si.2ClH.Zr/c1-13-11-18-17-10-6-5-9-16(17)12-19(18)20(14(13)2)15-7-3-4-8-15;1-3-2;;;/h3-7,9-12H,8H2,1-2H3;1-2H3;2*1H;/q-1;;;;+3/p-2. The van der Waals surface area contributed by atoms with Crippen molar-refractivity contribution in [3.05, 3.63) is 71.3 Å². The first-order valence-electron chi connectivity index (χ1n) is 8.20. The van der Waals surface area contributed by atoms with E-state index >= 15 is 0 Å². The molecule has 0 atom stereocenters. The van der Waals surface area contributed by atoms with Crippen LogP contribution in [0.15, 0.2) is 54.6 Å². The minimum absolute atomic E-state index is 0. The van der Waals surface area contributed by atoms with Crippen LogP contribution in [-0.4, -0.2) is 9.52 Å². The van der Waals surface area contributed by atoms with Crippen molar-refractivity contribution in [1.82, 2.24) is 0 Å². The van der Waals surface area contributed by atoms with Gasteiger partial charge in [-0.3, -0.25) is 0 Å². The Labute approximate surface area is 191 Å². The van der Waals surface area contributed by atoms with Crippen molar-refractivity contribution < 1.29 is 51.0 Å². The Kier molecular flexibility index (Phi) is 11.1. The summed E-state index contributed by atoms with van der Waals surface area (Å²) in [7, 11) is 1.08. The predicted molar refractivity (Wildman–Crippen MR) is 106 cm³/mol. The van der Waals surface area contributed by atoms with Crippen molar-refractivity contribution in [2.45, 2.75) is 33.4 Å². The molecule has 0 amide bonds. The Morgan fingerprint density at radius 3 is 2.27 bits per heavy atom. The molecule has 0 nitrogen and oxygen atoms in total. The van der Waals surface area contributed by atoms with E-state index in [-0.39, 0.29) is 51.0 Å². The molecule has 0 spiro atoms. The first kappa shape index (κ1) is 25.5. The first-order valence-corrected chi connectivity index (χ1v) is 10.2. The van der Waals surface area contributed by atoms with Crippen molar-refractivity contribution in [2.24, 2.45) is 0 Å². The number of hydrogen-bond acceptors (Lipinski definition) is 0. The van der Waals surface area contributed by atoms with E-state index in [0.717, 1.165) is 15.9 Å². The number of hydrogen-bond donors (Lipinski definition) is 0. The minimum Gasteiger partial charge on any atom is -1.00 e. The molecular formula is C22H23Cl2SiZr. The molecule has 0 saturated heterocycles. The zero-order valence-electron chi connectivity index (χ0n) is 15.7.